The number of ether oxygens (including phenoxy) is 2. The molecule has 1 aromatic carbocycles. The molecular formula is C23H29N3O2S. The van der Waals surface area contributed by atoms with Gasteiger partial charge in [0.15, 0.2) is 16.6 Å². The van der Waals surface area contributed by atoms with Gasteiger partial charge in [-0.05, 0) is 54.9 Å². The highest BCUT2D eigenvalue weighted by molar-refractivity contribution is 7.80. The number of fused-ring (bicyclic) bond motifs is 1. The maximum Gasteiger partial charge on any atom is 0.231 e. The number of hydrogen-bond acceptors (Lipinski definition) is 4. The molecule has 0 atom stereocenters. The Labute approximate surface area is 178 Å². The molecule has 2 heterocycles. The zero-order chi connectivity index (χ0) is 19.9. The lowest BCUT2D eigenvalue weighted by Crippen LogP contribution is -2.44. The molecule has 6 heteroatoms. The van der Waals surface area contributed by atoms with E-state index in [0.29, 0.717) is 19.1 Å². The molecule has 5 nitrogen and oxygen atoms in total. The molecule has 1 fully saturated rings. The molecule has 1 saturated carbocycles. The Morgan fingerprint density at radius 2 is 1.79 bits per heavy atom. The third-order valence-corrected chi connectivity index (χ3v) is 5.99. The molecule has 2 aromatic rings. The van der Waals surface area contributed by atoms with Crippen molar-refractivity contribution in [2.24, 2.45) is 0 Å². The summed E-state index contributed by atoms with van der Waals surface area (Å²) in [6, 6.07) is 12.6. The Bertz CT molecular complexity index is 807. The highest BCUT2D eigenvalue weighted by Gasteiger charge is 2.19. The summed E-state index contributed by atoms with van der Waals surface area (Å²) in [6.45, 7) is 1.66. The van der Waals surface area contributed by atoms with Crippen LogP contribution in [0.15, 0.2) is 42.6 Å². The van der Waals surface area contributed by atoms with Crippen molar-refractivity contribution in [3.05, 3.63) is 53.9 Å². The van der Waals surface area contributed by atoms with Crippen LogP contribution >= 0.6 is 12.2 Å². The van der Waals surface area contributed by atoms with Gasteiger partial charge in [0, 0.05) is 18.8 Å². The van der Waals surface area contributed by atoms with E-state index in [0.717, 1.165) is 27.9 Å². The fourth-order valence-corrected chi connectivity index (χ4v) is 4.31. The average molecular weight is 412 g/mol. The molecule has 1 N–H and O–H groups in total. The standard InChI is InChI=1S/C23H29N3O2S/c29-23(25-19-8-4-2-1-3-5-9-19)26(16-20-10-6-7-13-24-20)15-18-11-12-21-22(14-18)28-17-27-21/h6-7,10-14,19H,1-5,8-9,15-17H2,(H,25,29). The Hall–Kier alpha value is -2.34. The van der Waals surface area contributed by atoms with Crippen LogP contribution in [-0.4, -0.2) is 27.8 Å². The van der Waals surface area contributed by atoms with Crippen molar-refractivity contribution < 1.29 is 9.47 Å². The van der Waals surface area contributed by atoms with Crippen LogP contribution in [0.4, 0.5) is 0 Å². The molecule has 0 bridgehead atoms. The molecule has 0 radical (unpaired) electrons. The lowest BCUT2D eigenvalue weighted by Gasteiger charge is -2.30. The Morgan fingerprint density at radius 1 is 1.00 bits per heavy atom. The van der Waals surface area contributed by atoms with Crippen molar-refractivity contribution in [3.8, 4) is 11.5 Å². The van der Waals surface area contributed by atoms with Gasteiger partial charge in [-0.2, -0.15) is 0 Å². The molecule has 0 amide bonds. The van der Waals surface area contributed by atoms with E-state index >= 15 is 0 Å². The van der Waals surface area contributed by atoms with Crippen LogP contribution in [-0.2, 0) is 13.1 Å². The Morgan fingerprint density at radius 3 is 2.59 bits per heavy atom. The summed E-state index contributed by atoms with van der Waals surface area (Å²) in [6.07, 6.45) is 10.8. The number of rotatable bonds is 5. The fourth-order valence-electron chi connectivity index (χ4n) is 4.01. The van der Waals surface area contributed by atoms with Gasteiger partial charge in [0.1, 0.15) is 0 Å². The first-order chi connectivity index (χ1) is 14.3. The largest absolute Gasteiger partial charge is 0.454 e. The molecule has 1 aromatic heterocycles. The normalized spacial score (nSPS) is 16.7. The van der Waals surface area contributed by atoms with Gasteiger partial charge >= 0.3 is 0 Å². The smallest absolute Gasteiger partial charge is 0.231 e. The van der Waals surface area contributed by atoms with Crippen LogP contribution in [0.1, 0.15) is 56.2 Å². The minimum Gasteiger partial charge on any atom is -0.454 e. The second-order valence-corrected chi connectivity index (χ2v) is 8.24. The average Bonchev–Trinajstić information content (AvgIpc) is 3.18. The molecule has 4 rings (SSSR count). The van der Waals surface area contributed by atoms with Gasteiger partial charge < -0.3 is 19.7 Å². The van der Waals surface area contributed by atoms with Crippen LogP contribution in [0.5, 0.6) is 11.5 Å². The lowest BCUT2D eigenvalue weighted by atomic mass is 9.97. The predicted molar refractivity (Wildman–Crippen MR) is 118 cm³/mol. The van der Waals surface area contributed by atoms with Crippen LogP contribution < -0.4 is 14.8 Å². The van der Waals surface area contributed by atoms with Crippen molar-refractivity contribution in [2.45, 2.75) is 64.1 Å². The zero-order valence-corrected chi connectivity index (χ0v) is 17.6. The number of hydrogen-bond donors (Lipinski definition) is 1. The van der Waals surface area contributed by atoms with E-state index in [1.54, 1.807) is 0 Å². The maximum absolute atomic E-state index is 5.86. The first-order valence-electron chi connectivity index (χ1n) is 10.6. The molecule has 2 aliphatic rings. The highest BCUT2D eigenvalue weighted by atomic mass is 32.1. The number of pyridine rings is 1. The molecule has 1 aliphatic heterocycles. The molecule has 29 heavy (non-hydrogen) atoms. The summed E-state index contributed by atoms with van der Waals surface area (Å²) < 4.78 is 11.0. The number of nitrogens with one attached hydrogen (secondary N) is 1. The molecule has 0 saturated heterocycles. The third-order valence-electron chi connectivity index (χ3n) is 5.61. The number of nitrogens with zero attached hydrogens (tertiary/aromatic N) is 2. The molecule has 1 aliphatic carbocycles. The van der Waals surface area contributed by atoms with Gasteiger partial charge in [-0.25, -0.2) is 0 Å². The van der Waals surface area contributed by atoms with Crippen LogP contribution in [0.3, 0.4) is 0 Å². The predicted octanol–water partition coefficient (Wildman–Crippen LogP) is 4.80. The van der Waals surface area contributed by atoms with Gasteiger partial charge in [-0.1, -0.05) is 44.2 Å². The van der Waals surface area contributed by atoms with E-state index in [9.17, 15) is 0 Å². The maximum atomic E-state index is 5.86. The molecular weight excluding hydrogens is 382 g/mol. The van der Waals surface area contributed by atoms with E-state index < -0.39 is 0 Å². The van der Waals surface area contributed by atoms with E-state index in [-0.39, 0.29) is 6.79 Å². The quantitative estimate of drug-likeness (QED) is 0.713. The van der Waals surface area contributed by atoms with Crippen molar-refractivity contribution in [1.29, 1.82) is 0 Å². The SMILES string of the molecule is S=C(NC1CCCCCCC1)N(Cc1ccc2c(c1)OCO2)Cc1ccccn1. The molecule has 0 unspecified atom stereocenters. The summed E-state index contributed by atoms with van der Waals surface area (Å²) in [5.74, 6) is 1.61. The summed E-state index contributed by atoms with van der Waals surface area (Å²) in [5.41, 5.74) is 2.15. The summed E-state index contributed by atoms with van der Waals surface area (Å²) in [4.78, 5) is 6.70. The monoisotopic (exact) mass is 411 g/mol. The zero-order valence-electron chi connectivity index (χ0n) is 16.8. The minimum absolute atomic E-state index is 0.290. The topological polar surface area (TPSA) is 46.6 Å². The van der Waals surface area contributed by atoms with Gasteiger partial charge in [0.05, 0.1) is 12.2 Å². The Balaban J connectivity index is 1.47. The van der Waals surface area contributed by atoms with Crippen molar-refractivity contribution in [2.75, 3.05) is 6.79 Å². The summed E-state index contributed by atoms with van der Waals surface area (Å²) in [5, 5.41) is 4.46. The summed E-state index contributed by atoms with van der Waals surface area (Å²) >= 11 is 5.86. The number of benzene rings is 1. The third kappa shape index (κ3) is 5.60. The molecule has 0 spiro atoms. The van der Waals surface area contributed by atoms with E-state index in [4.69, 9.17) is 21.7 Å². The van der Waals surface area contributed by atoms with Gasteiger partial charge in [0.2, 0.25) is 6.79 Å². The number of thiocarbonyl (C=S) groups is 1. The van der Waals surface area contributed by atoms with E-state index in [2.05, 4.69) is 21.3 Å². The highest BCUT2D eigenvalue weighted by Crippen LogP contribution is 2.33. The summed E-state index contributed by atoms with van der Waals surface area (Å²) in [7, 11) is 0. The molecule has 154 valence electrons. The van der Waals surface area contributed by atoms with Crippen LogP contribution in [0, 0.1) is 0 Å². The second kappa shape index (κ2) is 9.92. The van der Waals surface area contributed by atoms with Gasteiger partial charge in [-0.3, -0.25) is 4.98 Å². The second-order valence-electron chi connectivity index (χ2n) is 7.86. The van der Waals surface area contributed by atoms with E-state index in [1.165, 1.54) is 44.9 Å². The first kappa shape index (κ1) is 20.0. The van der Waals surface area contributed by atoms with Crippen molar-refractivity contribution >= 4 is 17.3 Å². The van der Waals surface area contributed by atoms with Gasteiger partial charge in [0.25, 0.3) is 0 Å². The van der Waals surface area contributed by atoms with Crippen LogP contribution in [0.2, 0.25) is 0 Å². The first-order valence-corrected chi connectivity index (χ1v) is 11.0. The lowest BCUT2D eigenvalue weighted by molar-refractivity contribution is 0.174. The van der Waals surface area contributed by atoms with Crippen molar-refractivity contribution in [3.63, 3.8) is 0 Å². The minimum atomic E-state index is 0.290. The van der Waals surface area contributed by atoms with Gasteiger partial charge in [-0.15, -0.1) is 0 Å². The van der Waals surface area contributed by atoms with Crippen molar-refractivity contribution in [1.82, 2.24) is 15.2 Å². The van der Waals surface area contributed by atoms with E-state index in [1.807, 2.05) is 36.5 Å². The fraction of sp³-hybridized carbons (Fsp3) is 0.478. The number of aromatic nitrogens is 1. The Kier molecular flexibility index (Phi) is 6.83. The van der Waals surface area contributed by atoms with Crippen LogP contribution in [0.25, 0.3) is 0 Å².